The molecule has 0 fully saturated rings. The third kappa shape index (κ3) is 2.36. The van der Waals surface area contributed by atoms with E-state index in [1.165, 1.54) is 0 Å². The summed E-state index contributed by atoms with van der Waals surface area (Å²) < 4.78 is 1.88. The van der Waals surface area contributed by atoms with Crippen molar-refractivity contribution in [3.63, 3.8) is 0 Å². The van der Waals surface area contributed by atoms with Gasteiger partial charge in [0.25, 0.3) is 0 Å². The van der Waals surface area contributed by atoms with Crippen LogP contribution in [0.1, 0.15) is 20.3 Å². The number of fused-ring (bicyclic) bond motifs is 1. The van der Waals surface area contributed by atoms with E-state index in [0.29, 0.717) is 12.6 Å². The van der Waals surface area contributed by atoms with Gasteiger partial charge in [-0.25, -0.2) is 4.98 Å². The highest BCUT2D eigenvalue weighted by Gasteiger charge is 2.15. The number of anilines is 1. The van der Waals surface area contributed by atoms with Crippen molar-refractivity contribution in [3.8, 4) is 0 Å². The largest absolute Gasteiger partial charge is 0.351 e. The Hall–Kier alpha value is -1.69. The smallest absolute Gasteiger partial charge is 0.203 e. The summed E-state index contributed by atoms with van der Waals surface area (Å²) in [7, 11) is 0. The number of aromatic nitrogens is 4. The number of hydrogen-bond donors (Lipinski definition) is 1. The van der Waals surface area contributed by atoms with Gasteiger partial charge in [-0.1, -0.05) is 0 Å². The molecule has 0 aliphatic rings. The van der Waals surface area contributed by atoms with Gasteiger partial charge < -0.3 is 10.6 Å². The summed E-state index contributed by atoms with van der Waals surface area (Å²) in [5.41, 5.74) is 6.36. The fraction of sp³-hybridized carbons (Fsp3) is 0.545. The lowest BCUT2D eigenvalue weighted by atomic mass is 10.3. The van der Waals surface area contributed by atoms with Crippen LogP contribution in [0.2, 0.25) is 0 Å². The molecule has 2 N–H and O–H groups in total. The highest BCUT2D eigenvalue weighted by Crippen LogP contribution is 2.18. The maximum Gasteiger partial charge on any atom is 0.203 e. The molecule has 0 radical (unpaired) electrons. The quantitative estimate of drug-likeness (QED) is 0.824. The minimum atomic E-state index is 0.358. The van der Waals surface area contributed by atoms with Gasteiger partial charge in [0.15, 0.2) is 5.82 Å². The van der Waals surface area contributed by atoms with Crippen LogP contribution >= 0.6 is 0 Å². The molecule has 0 aliphatic carbocycles. The van der Waals surface area contributed by atoms with Gasteiger partial charge in [-0.3, -0.25) is 4.40 Å². The van der Waals surface area contributed by atoms with Gasteiger partial charge in [-0.05, 0) is 26.8 Å². The fourth-order valence-corrected chi connectivity index (χ4v) is 1.82. The average molecular weight is 234 g/mol. The molecule has 0 bridgehead atoms. The molecule has 92 valence electrons. The minimum absolute atomic E-state index is 0.358. The zero-order valence-corrected chi connectivity index (χ0v) is 10.2. The molecule has 0 aromatic carbocycles. The van der Waals surface area contributed by atoms with E-state index in [2.05, 4.69) is 33.9 Å². The fourth-order valence-electron chi connectivity index (χ4n) is 1.82. The van der Waals surface area contributed by atoms with Crippen LogP contribution in [0.15, 0.2) is 18.7 Å². The van der Waals surface area contributed by atoms with Crippen LogP contribution < -0.4 is 10.6 Å². The topological polar surface area (TPSA) is 72.3 Å². The molecule has 0 unspecified atom stereocenters. The van der Waals surface area contributed by atoms with Crippen LogP contribution in [0.25, 0.3) is 5.65 Å². The second-order valence-electron chi connectivity index (χ2n) is 4.24. The molecule has 2 rings (SSSR count). The zero-order chi connectivity index (χ0) is 12.3. The van der Waals surface area contributed by atoms with E-state index in [1.54, 1.807) is 12.5 Å². The monoisotopic (exact) mass is 234 g/mol. The van der Waals surface area contributed by atoms with Gasteiger partial charge in [-0.15, -0.1) is 10.2 Å². The Labute approximate surface area is 100 Å². The first kappa shape index (κ1) is 11.8. The van der Waals surface area contributed by atoms with Crippen LogP contribution in [0.5, 0.6) is 0 Å². The predicted molar refractivity (Wildman–Crippen MR) is 66.9 cm³/mol. The molecule has 0 atom stereocenters. The van der Waals surface area contributed by atoms with Crippen LogP contribution in [0.4, 0.5) is 5.82 Å². The highest BCUT2D eigenvalue weighted by atomic mass is 15.3. The first-order valence-corrected chi connectivity index (χ1v) is 5.85. The molecule has 0 saturated carbocycles. The Balaban J connectivity index is 2.37. The molecule has 2 aromatic heterocycles. The summed E-state index contributed by atoms with van der Waals surface area (Å²) in [6.45, 7) is 5.84. The van der Waals surface area contributed by atoms with Crippen molar-refractivity contribution in [2.75, 3.05) is 18.0 Å². The molecule has 0 amide bonds. The Morgan fingerprint density at radius 2 is 2.29 bits per heavy atom. The van der Waals surface area contributed by atoms with E-state index in [9.17, 15) is 0 Å². The van der Waals surface area contributed by atoms with E-state index in [4.69, 9.17) is 5.73 Å². The third-order valence-electron chi connectivity index (χ3n) is 2.70. The lowest BCUT2D eigenvalue weighted by Gasteiger charge is -2.27. The maximum absolute atomic E-state index is 5.57. The SMILES string of the molecule is CC(C)N(CCCN)c1nccn2cnnc12. The number of nitrogens with two attached hydrogens (primary N) is 1. The molecule has 6 nitrogen and oxygen atoms in total. The average Bonchev–Trinajstić information content (AvgIpc) is 2.77. The van der Waals surface area contributed by atoms with Gasteiger partial charge in [0, 0.05) is 25.0 Å². The minimum Gasteiger partial charge on any atom is -0.351 e. The molecule has 0 spiro atoms. The van der Waals surface area contributed by atoms with Crippen molar-refractivity contribution < 1.29 is 0 Å². The number of rotatable bonds is 5. The molecule has 0 saturated heterocycles. The molecular weight excluding hydrogens is 216 g/mol. The highest BCUT2D eigenvalue weighted by molar-refractivity contribution is 5.63. The van der Waals surface area contributed by atoms with E-state index in [0.717, 1.165) is 24.4 Å². The second kappa shape index (κ2) is 5.09. The van der Waals surface area contributed by atoms with Crippen molar-refractivity contribution >= 4 is 11.5 Å². The molecule has 2 aromatic rings. The van der Waals surface area contributed by atoms with Gasteiger partial charge in [0.2, 0.25) is 5.65 Å². The Morgan fingerprint density at radius 1 is 1.47 bits per heavy atom. The maximum atomic E-state index is 5.57. The van der Waals surface area contributed by atoms with Gasteiger partial charge >= 0.3 is 0 Å². The number of nitrogens with zero attached hydrogens (tertiary/aromatic N) is 5. The van der Waals surface area contributed by atoms with Crippen LogP contribution in [0.3, 0.4) is 0 Å². The van der Waals surface area contributed by atoms with Gasteiger partial charge in [-0.2, -0.15) is 0 Å². The second-order valence-corrected chi connectivity index (χ2v) is 4.24. The Bertz CT molecular complexity index is 478. The summed E-state index contributed by atoms with van der Waals surface area (Å²) in [4.78, 5) is 6.62. The normalized spacial score (nSPS) is 11.3. The van der Waals surface area contributed by atoms with E-state index < -0.39 is 0 Å². The summed E-state index contributed by atoms with van der Waals surface area (Å²) in [5.74, 6) is 0.869. The Kier molecular flexibility index (Phi) is 3.53. The van der Waals surface area contributed by atoms with Gasteiger partial charge in [0.1, 0.15) is 6.33 Å². The van der Waals surface area contributed by atoms with Crippen molar-refractivity contribution in [3.05, 3.63) is 18.7 Å². The molecule has 2 heterocycles. The van der Waals surface area contributed by atoms with Crippen molar-refractivity contribution in [1.29, 1.82) is 0 Å². The van der Waals surface area contributed by atoms with Crippen molar-refractivity contribution in [2.24, 2.45) is 5.73 Å². The van der Waals surface area contributed by atoms with Crippen LogP contribution in [0, 0.1) is 0 Å². The van der Waals surface area contributed by atoms with Crippen molar-refractivity contribution in [1.82, 2.24) is 19.6 Å². The van der Waals surface area contributed by atoms with E-state index in [1.807, 2.05) is 10.6 Å². The molecule has 6 heteroatoms. The molecule has 0 aliphatic heterocycles. The van der Waals surface area contributed by atoms with Gasteiger partial charge in [0.05, 0.1) is 0 Å². The van der Waals surface area contributed by atoms with Crippen molar-refractivity contribution in [2.45, 2.75) is 26.3 Å². The molecule has 17 heavy (non-hydrogen) atoms. The lowest BCUT2D eigenvalue weighted by Crippen LogP contribution is -2.34. The first-order valence-electron chi connectivity index (χ1n) is 5.85. The predicted octanol–water partition coefficient (Wildman–Crippen LogP) is 0.688. The first-order chi connectivity index (χ1) is 8.24. The summed E-state index contributed by atoms with van der Waals surface area (Å²) >= 11 is 0. The van der Waals surface area contributed by atoms with Crippen LogP contribution in [-0.2, 0) is 0 Å². The zero-order valence-electron chi connectivity index (χ0n) is 10.2. The third-order valence-corrected chi connectivity index (χ3v) is 2.70. The van der Waals surface area contributed by atoms with E-state index in [-0.39, 0.29) is 0 Å². The number of hydrogen-bond acceptors (Lipinski definition) is 5. The summed E-state index contributed by atoms with van der Waals surface area (Å²) in [5, 5.41) is 8.01. The molecular formula is C11H18N6. The Morgan fingerprint density at radius 3 is 3.00 bits per heavy atom. The standard InChI is InChI=1S/C11H18N6/c1-9(2)17(6-3-4-12)10-11-15-14-8-16(11)7-5-13-10/h5,7-9H,3-4,6,12H2,1-2H3. The van der Waals surface area contributed by atoms with Crippen LogP contribution in [-0.4, -0.2) is 38.7 Å². The lowest BCUT2D eigenvalue weighted by molar-refractivity contribution is 0.649. The van der Waals surface area contributed by atoms with E-state index >= 15 is 0 Å². The summed E-state index contributed by atoms with van der Waals surface area (Å²) in [6.07, 6.45) is 6.24. The summed E-state index contributed by atoms with van der Waals surface area (Å²) in [6, 6.07) is 0.358.